The molecule has 2 rings (SSSR count). The van der Waals surface area contributed by atoms with Crippen LogP contribution in [0.25, 0.3) is 10.9 Å². The van der Waals surface area contributed by atoms with Crippen LogP contribution in [0.1, 0.15) is 10.4 Å². The third-order valence-electron chi connectivity index (χ3n) is 2.24. The van der Waals surface area contributed by atoms with Gasteiger partial charge in [0, 0.05) is 29.8 Å². The van der Waals surface area contributed by atoms with E-state index in [0.717, 1.165) is 5.52 Å². The summed E-state index contributed by atoms with van der Waals surface area (Å²) >= 11 is 0. The van der Waals surface area contributed by atoms with Crippen LogP contribution in [0, 0.1) is 0 Å². The minimum absolute atomic E-state index is 0.287. The third kappa shape index (κ3) is 1.12. The summed E-state index contributed by atoms with van der Waals surface area (Å²) in [6.45, 7) is 0. The number of benzene rings is 1. The standard InChI is InChI=1S/C10H10N2O2/c1-12-5-8(10(13)14)7-4-6(11)2-3-9(7)12/h2-5H,11H2,1H3,(H,13,14). The molecule has 3 N–H and O–H groups in total. The smallest absolute Gasteiger partial charge is 0.337 e. The van der Waals surface area contributed by atoms with Crippen molar-refractivity contribution in [3.05, 3.63) is 30.0 Å². The highest BCUT2D eigenvalue weighted by Gasteiger charge is 2.12. The number of carbonyl (C=O) groups is 1. The van der Waals surface area contributed by atoms with Crippen molar-refractivity contribution in [1.82, 2.24) is 4.57 Å². The molecule has 0 amide bonds. The number of carboxylic acid groups (broad SMARTS) is 1. The molecule has 0 fully saturated rings. The molecule has 1 aromatic carbocycles. The zero-order valence-corrected chi connectivity index (χ0v) is 7.69. The number of rotatable bonds is 1. The molecule has 0 aliphatic carbocycles. The van der Waals surface area contributed by atoms with Crippen LogP contribution in [0.4, 0.5) is 5.69 Å². The van der Waals surface area contributed by atoms with Gasteiger partial charge < -0.3 is 15.4 Å². The second-order valence-electron chi connectivity index (χ2n) is 3.24. The zero-order chi connectivity index (χ0) is 10.3. The van der Waals surface area contributed by atoms with E-state index in [1.807, 2.05) is 13.1 Å². The molecule has 2 aromatic rings. The van der Waals surface area contributed by atoms with Gasteiger partial charge in [0.15, 0.2) is 0 Å². The lowest BCUT2D eigenvalue weighted by atomic mass is 10.1. The Hall–Kier alpha value is -1.97. The summed E-state index contributed by atoms with van der Waals surface area (Å²) < 4.78 is 1.78. The van der Waals surface area contributed by atoms with E-state index in [0.29, 0.717) is 11.1 Å². The van der Waals surface area contributed by atoms with Gasteiger partial charge in [-0.25, -0.2) is 4.79 Å². The van der Waals surface area contributed by atoms with E-state index in [1.165, 1.54) is 0 Å². The molecule has 0 saturated carbocycles. The number of anilines is 1. The van der Waals surface area contributed by atoms with Crippen LogP contribution in [0.5, 0.6) is 0 Å². The number of hydrogen-bond donors (Lipinski definition) is 2. The molecule has 14 heavy (non-hydrogen) atoms. The largest absolute Gasteiger partial charge is 0.478 e. The average Bonchev–Trinajstić information content (AvgIpc) is 2.43. The summed E-state index contributed by atoms with van der Waals surface area (Å²) in [5.74, 6) is -0.929. The number of nitrogens with zero attached hydrogens (tertiary/aromatic N) is 1. The molecule has 4 nitrogen and oxygen atoms in total. The topological polar surface area (TPSA) is 68.2 Å². The van der Waals surface area contributed by atoms with Crippen LogP contribution in [0.15, 0.2) is 24.4 Å². The Kier molecular flexibility index (Phi) is 1.70. The van der Waals surface area contributed by atoms with Gasteiger partial charge in [0.2, 0.25) is 0 Å². The molecule has 0 spiro atoms. The quantitative estimate of drug-likeness (QED) is 0.669. The van der Waals surface area contributed by atoms with Gasteiger partial charge >= 0.3 is 5.97 Å². The van der Waals surface area contributed by atoms with Crippen molar-refractivity contribution in [3.8, 4) is 0 Å². The summed E-state index contributed by atoms with van der Waals surface area (Å²) in [5.41, 5.74) is 7.33. The Morgan fingerprint density at radius 1 is 1.50 bits per heavy atom. The maximum atomic E-state index is 10.9. The SMILES string of the molecule is Cn1cc(C(=O)O)c2cc(N)ccc21. The van der Waals surface area contributed by atoms with E-state index in [2.05, 4.69) is 0 Å². The van der Waals surface area contributed by atoms with Crippen LogP contribution in [-0.4, -0.2) is 15.6 Å². The zero-order valence-electron chi connectivity index (χ0n) is 7.69. The fourth-order valence-electron chi connectivity index (χ4n) is 1.58. The van der Waals surface area contributed by atoms with Gasteiger partial charge in [-0.15, -0.1) is 0 Å². The van der Waals surface area contributed by atoms with Crippen molar-refractivity contribution in [2.24, 2.45) is 7.05 Å². The first-order valence-corrected chi connectivity index (χ1v) is 4.17. The molecule has 0 bridgehead atoms. The highest BCUT2D eigenvalue weighted by molar-refractivity contribution is 6.04. The second kappa shape index (κ2) is 2.77. The fourth-order valence-corrected chi connectivity index (χ4v) is 1.58. The Morgan fingerprint density at radius 3 is 2.86 bits per heavy atom. The number of carboxylic acids is 1. The first-order chi connectivity index (χ1) is 6.59. The second-order valence-corrected chi connectivity index (χ2v) is 3.24. The van der Waals surface area contributed by atoms with Gasteiger partial charge in [-0.05, 0) is 18.2 Å². The lowest BCUT2D eigenvalue weighted by Crippen LogP contribution is -1.94. The first kappa shape index (κ1) is 8.62. The Labute approximate surface area is 80.6 Å². The predicted octanol–water partition coefficient (Wildman–Crippen LogP) is 1.46. The number of fused-ring (bicyclic) bond motifs is 1. The number of nitrogens with two attached hydrogens (primary N) is 1. The summed E-state index contributed by atoms with van der Waals surface area (Å²) in [7, 11) is 1.81. The lowest BCUT2D eigenvalue weighted by Gasteiger charge is -1.96. The number of hydrogen-bond acceptors (Lipinski definition) is 2. The first-order valence-electron chi connectivity index (χ1n) is 4.17. The summed E-state index contributed by atoms with van der Waals surface area (Å²) in [4.78, 5) is 10.9. The van der Waals surface area contributed by atoms with Crippen molar-refractivity contribution in [2.75, 3.05) is 5.73 Å². The molecule has 0 aliphatic heterocycles. The summed E-state index contributed by atoms with van der Waals surface area (Å²) in [6, 6.07) is 5.25. The molecule has 0 radical (unpaired) electrons. The van der Waals surface area contributed by atoms with Gasteiger partial charge in [-0.2, -0.15) is 0 Å². The lowest BCUT2D eigenvalue weighted by molar-refractivity contribution is 0.0699. The van der Waals surface area contributed by atoms with Crippen LogP contribution in [0.3, 0.4) is 0 Å². The predicted molar refractivity (Wildman–Crippen MR) is 54.3 cm³/mol. The molecule has 0 aliphatic rings. The van der Waals surface area contributed by atoms with Crippen LogP contribution in [0.2, 0.25) is 0 Å². The van der Waals surface area contributed by atoms with Crippen LogP contribution >= 0.6 is 0 Å². The van der Waals surface area contributed by atoms with E-state index in [1.54, 1.807) is 22.9 Å². The van der Waals surface area contributed by atoms with Crippen molar-refractivity contribution >= 4 is 22.6 Å². The van der Waals surface area contributed by atoms with Gasteiger partial charge in [-0.3, -0.25) is 0 Å². The normalized spacial score (nSPS) is 10.6. The fraction of sp³-hybridized carbons (Fsp3) is 0.100. The summed E-state index contributed by atoms with van der Waals surface area (Å²) in [6.07, 6.45) is 1.59. The number of aromatic carboxylic acids is 1. The monoisotopic (exact) mass is 190 g/mol. The number of nitrogen functional groups attached to an aromatic ring is 1. The number of aromatic nitrogens is 1. The molecule has 4 heteroatoms. The van der Waals surface area contributed by atoms with Crippen molar-refractivity contribution < 1.29 is 9.90 Å². The highest BCUT2D eigenvalue weighted by Crippen LogP contribution is 2.22. The highest BCUT2D eigenvalue weighted by atomic mass is 16.4. The Bertz CT molecular complexity index is 514. The molecule has 0 saturated heterocycles. The molecule has 0 unspecified atom stereocenters. The molecular weight excluding hydrogens is 180 g/mol. The Balaban J connectivity index is 2.85. The molecule has 72 valence electrons. The minimum atomic E-state index is -0.929. The van der Waals surface area contributed by atoms with Gasteiger partial charge in [-0.1, -0.05) is 0 Å². The van der Waals surface area contributed by atoms with Crippen molar-refractivity contribution in [3.63, 3.8) is 0 Å². The van der Waals surface area contributed by atoms with Crippen LogP contribution in [-0.2, 0) is 7.05 Å². The van der Waals surface area contributed by atoms with Crippen molar-refractivity contribution in [1.29, 1.82) is 0 Å². The van der Waals surface area contributed by atoms with E-state index >= 15 is 0 Å². The summed E-state index contributed by atoms with van der Waals surface area (Å²) in [5, 5.41) is 9.61. The third-order valence-corrected chi connectivity index (χ3v) is 2.24. The molecule has 1 heterocycles. The van der Waals surface area contributed by atoms with E-state index in [9.17, 15) is 4.79 Å². The maximum absolute atomic E-state index is 10.9. The number of aryl methyl sites for hydroxylation is 1. The van der Waals surface area contributed by atoms with Crippen LogP contribution < -0.4 is 5.73 Å². The van der Waals surface area contributed by atoms with Crippen molar-refractivity contribution in [2.45, 2.75) is 0 Å². The molecule has 1 aromatic heterocycles. The maximum Gasteiger partial charge on any atom is 0.337 e. The van der Waals surface area contributed by atoms with E-state index < -0.39 is 5.97 Å². The average molecular weight is 190 g/mol. The van der Waals surface area contributed by atoms with Gasteiger partial charge in [0.05, 0.1) is 5.56 Å². The molecular formula is C10H10N2O2. The van der Waals surface area contributed by atoms with E-state index in [-0.39, 0.29) is 5.56 Å². The van der Waals surface area contributed by atoms with E-state index in [4.69, 9.17) is 10.8 Å². The Morgan fingerprint density at radius 2 is 2.21 bits per heavy atom. The van der Waals surface area contributed by atoms with Gasteiger partial charge in [0.25, 0.3) is 0 Å². The van der Waals surface area contributed by atoms with Gasteiger partial charge in [0.1, 0.15) is 0 Å². The minimum Gasteiger partial charge on any atom is -0.478 e. The molecule has 0 atom stereocenters.